The zero-order chi connectivity index (χ0) is 13.8. The number of anilines is 1. The largest absolute Gasteiger partial charge is 0.349 e. The Kier molecular flexibility index (Phi) is 4.56. The van der Waals surface area contributed by atoms with Gasteiger partial charge >= 0.3 is 0 Å². The average molecular weight is 275 g/mol. The van der Waals surface area contributed by atoms with Gasteiger partial charge in [-0.3, -0.25) is 0 Å². The van der Waals surface area contributed by atoms with Gasteiger partial charge in [0.1, 0.15) is 5.82 Å². The molecule has 0 aliphatic heterocycles. The van der Waals surface area contributed by atoms with Crippen LogP contribution in [0, 0.1) is 0 Å². The van der Waals surface area contributed by atoms with Gasteiger partial charge in [-0.25, -0.2) is 4.98 Å². The van der Waals surface area contributed by atoms with Crippen LogP contribution in [0.2, 0.25) is 0 Å². The number of hydrogen-bond donors (Lipinski definition) is 1. The molecule has 2 aromatic heterocycles. The van der Waals surface area contributed by atoms with Gasteiger partial charge in [-0.15, -0.1) is 11.3 Å². The maximum atomic E-state index is 6.06. The summed E-state index contributed by atoms with van der Waals surface area (Å²) in [6.07, 6.45) is 1.84. The average Bonchev–Trinajstić information content (AvgIpc) is 2.88. The Morgan fingerprint density at radius 3 is 2.63 bits per heavy atom. The van der Waals surface area contributed by atoms with Crippen molar-refractivity contribution in [2.45, 2.75) is 39.4 Å². The van der Waals surface area contributed by atoms with Crippen LogP contribution in [0.4, 0.5) is 5.82 Å². The van der Waals surface area contributed by atoms with E-state index in [-0.39, 0.29) is 6.04 Å². The highest BCUT2D eigenvalue weighted by Gasteiger charge is 2.18. The Morgan fingerprint density at radius 2 is 2.05 bits per heavy atom. The minimum Gasteiger partial charge on any atom is -0.349 e. The highest BCUT2D eigenvalue weighted by Crippen LogP contribution is 2.26. The standard InChI is InChI=1S/C15H21N3S/c1-11(2)18(10-13-6-5-9-19-13)15-14(12(3)16)7-4-8-17-15/h4-9,11-12H,10,16H2,1-3H3/t12-/m1/s1. The molecular formula is C15H21N3S. The normalized spacial score (nSPS) is 12.7. The van der Waals surface area contributed by atoms with Crippen molar-refractivity contribution in [3.05, 3.63) is 46.3 Å². The van der Waals surface area contributed by atoms with Crippen LogP contribution in [-0.4, -0.2) is 11.0 Å². The Balaban J connectivity index is 2.34. The van der Waals surface area contributed by atoms with E-state index in [1.807, 2.05) is 19.2 Å². The summed E-state index contributed by atoms with van der Waals surface area (Å²) in [5.74, 6) is 1.00. The molecule has 0 spiro atoms. The Labute approximate surface area is 119 Å². The number of nitrogens with zero attached hydrogens (tertiary/aromatic N) is 2. The summed E-state index contributed by atoms with van der Waals surface area (Å²) in [5, 5.41) is 2.11. The van der Waals surface area contributed by atoms with Crippen molar-refractivity contribution < 1.29 is 0 Å². The molecule has 102 valence electrons. The van der Waals surface area contributed by atoms with Crippen LogP contribution in [0.25, 0.3) is 0 Å². The van der Waals surface area contributed by atoms with Crippen molar-refractivity contribution in [3.63, 3.8) is 0 Å². The lowest BCUT2D eigenvalue weighted by Gasteiger charge is -2.30. The Morgan fingerprint density at radius 1 is 1.26 bits per heavy atom. The summed E-state index contributed by atoms with van der Waals surface area (Å²) in [6, 6.07) is 8.64. The molecule has 0 amide bonds. The first kappa shape index (κ1) is 14.0. The van der Waals surface area contributed by atoms with E-state index in [4.69, 9.17) is 5.73 Å². The first-order valence-corrected chi connectivity index (χ1v) is 7.47. The van der Waals surface area contributed by atoms with Crippen LogP contribution in [0.15, 0.2) is 35.8 Å². The zero-order valence-corrected chi connectivity index (χ0v) is 12.5. The smallest absolute Gasteiger partial charge is 0.133 e. The molecule has 0 aromatic carbocycles. The molecule has 2 aromatic rings. The van der Waals surface area contributed by atoms with Crippen molar-refractivity contribution in [2.24, 2.45) is 5.73 Å². The van der Waals surface area contributed by atoms with Gasteiger partial charge in [-0.2, -0.15) is 0 Å². The molecule has 0 fully saturated rings. The minimum absolute atomic E-state index is 0.00622. The van der Waals surface area contributed by atoms with E-state index in [1.54, 1.807) is 11.3 Å². The van der Waals surface area contributed by atoms with Gasteiger partial charge in [0, 0.05) is 28.7 Å². The maximum Gasteiger partial charge on any atom is 0.133 e. The summed E-state index contributed by atoms with van der Waals surface area (Å²) >= 11 is 1.78. The minimum atomic E-state index is -0.00622. The molecule has 0 aliphatic carbocycles. The highest BCUT2D eigenvalue weighted by atomic mass is 32.1. The lowest BCUT2D eigenvalue weighted by atomic mass is 10.1. The number of rotatable bonds is 5. The number of thiophene rings is 1. The molecule has 2 heterocycles. The van der Waals surface area contributed by atoms with Crippen LogP contribution in [0.1, 0.15) is 37.3 Å². The van der Waals surface area contributed by atoms with Crippen LogP contribution in [0.3, 0.4) is 0 Å². The van der Waals surface area contributed by atoms with E-state index in [1.165, 1.54) is 4.88 Å². The molecule has 0 aliphatic rings. The summed E-state index contributed by atoms with van der Waals surface area (Å²) in [5.41, 5.74) is 7.17. The predicted octanol–water partition coefficient (Wildman–Crippen LogP) is 3.58. The van der Waals surface area contributed by atoms with Crippen molar-refractivity contribution >= 4 is 17.2 Å². The second-order valence-corrected chi connectivity index (χ2v) is 6.04. The summed E-state index contributed by atoms with van der Waals surface area (Å²) in [4.78, 5) is 8.21. The topological polar surface area (TPSA) is 42.2 Å². The zero-order valence-electron chi connectivity index (χ0n) is 11.7. The van der Waals surface area contributed by atoms with Gasteiger partial charge in [0.05, 0.1) is 6.54 Å². The predicted molar refractivity (Wildman–Crippen MR) is 82.5 cm³/mol. The van der Waals surface area contributed by atoms with Gasteiger partial charge in [-0.05, 0) is 38.3 Å². The van der Waals surface area contributed by atoms with Gasteiger partial charge in [-0.1, -0.05) is 12.1 Å². The molecule has 0 saturated heterocycles. The lowest BCUT2D eigenvalue weighted by molar-refractivity contribution is 0.664. The van der Waals surface area contributed by atoms with E-state index in [0.29, 0.717) is 6.04 Å². The second-order valence-electron chi connectivity index (χ2n) is 5.01. The third-order valence-corrected chi connectivity index (χ3v) is 3.97. The first-order chi connectivity index (χ1) is 9.09. The van der Waals surface area contributed by atoms with Crippen molar-refractivity contribution in [1.82, 2.24) is 4.98 Å². The SMILES string of the molecule is CC(C)N(Cc1cccs1)c1ncccc1[C@@H](C)N. The number of hydrogen-bond acceptors (Lipinski definition) is 4. The number of nitrogens with two attached hydrogens (primary N) is 1. The molecule has 0 radical (unpaired) electrons. The van der Waals surface area contributed by atoms with Crippen LogP contribution in [0.5, 0.6) is 0 Å². The van der Waals surface area contributed by atoms with E-state index in [0.717, 1.165) is 17.9 Å². The molecule has 2 N–H and O–H groups in total. The fraction of sp³-hybridized carbons (Fsp3) is 0.400. The molecule has 3 nitrogen and oxygen atoms in total. The van der Waals surface area contributed by atoms with E-state index in [9.17, 15) is 0 Å². The summed E-state index contributed by atoms with van der Waals surface area (Å²) in [7, 11) is 0. The van der Waals surface area contributed by atoms with Crippen LogP contribution in [-0.2, 0) is 6.54 Å². The fourth-order valence-electron chi connectivity index (χ4n) is 2.08. The monoisotopic (exact) mass is 275 g/mol. The molecule has 0 bridgehead atoms. The first-order valence-electron chi connectivity index (χ1n) is 6.59. The third-order valence-electron chi connectivity index (χ3n) is 3.11. The second kappa shape index (κ2) is 6.17. The van der Waals surface area contributed by atoms with Crippen molar-refractivity contribution in [3.8, 4) is 0 Å². The van der Waals surface area contributed by atoms with Gasteiger partial charge < -0.3 is 10.6 Å². The molecule has 19 heavy (non-hydrogen) atoms. The third kappa shape index (κ3) is 3.33. The number of aromatic nitrogens is 1. The van der Waals surface area contributed by atoms with Gasteiger partial charge in [0.25, 0.3) is 0 Å². The van der Waals surface area contributed by atoms with E-state index < -0.39 is 0 Å². The Bertz CT molecular complexity index is 506. The molecule has 2 rings (SSSR count). The van der Waals surface area contributed by atoms with Gasteiger partial charge in [0.2, 0.25) is 0 Å². The molecule has 1 atom stereocenters. The lowest BCUT2D eigenvalue weighted by Crippen LogP contribution is -2.32. The van der Waals surface area contributed by atoms with Crippen molar-refractivity contribution in [1.29, 1.82) is 0 Å². The molecule has 0 unspecified atom stereocenters. The van der Waals surface area contributed by atoms with Gasteiger partial charge in [0.15, 0.2) is 0 Å². The van der Waals surface area contributed by atoms with Crippen LogP contribution < -0.4 is 10.6 Å². The Hall–Kier alpha value is -1.39. The van der Waals surface area contributed by atoms with E-state index in [2.05, 4.69) is 47.3 Å². The van der Waals surface area contributed by atoms with Crippen molar-refractivity contribution in [2.75, 3.05) is 4.90 Å². The molecule has 0 saturated carbocycles. The quantitative estimate of drug-likeness (QED) is 0.907. The van der Waals surface area contributed by atoms with Crippen LogP contribution >= 0.6 is 11.3 Å². The van der Waals surface area contributed by atoms with E-state index >= 15 is 0 Å². The maximum absolute atomic E-state index is 6.06. The summed E-state index contributed by atoms with van der Waals surface area (Å²) < 4.78 is 0. The molecular weight excluding hydrogens is 254 g/mol. The number of pyridine rings is 1. The fourth-order valence-corrected chi connectivity index (χ4v) is 2.78. The highest BCUT2D eigenvalue weighted by molar-refractivity contribution is 7.09. The molecule has 4 heteroatoms. The summed E-state index contributed by atoms with van der Waals surface area (Å²) in [6.45, 7) is 7.26.